The molecule has 1 aliphatic rings. The second-order valence-corrected chi connectivity index (χ2v) is 4.99. The monoisotopic (exact) mass is 265 g/mol. The minimum absolute atomic E-state index is 0.271. The molecule has 0 amide bonds. The predicted octanol–water partition coefficient (Wildman–Crippen LogP) is 2.75. The van der Waals surface area contributed by atoms with Crippen molar-refractivity contribution in [3.05, 3.63) is 41.1 Å². The van der Waals surface area contributed by atoms with Crippen molar-refractivity contribution in [2.45, 2.75) is 11.5 Å². The standard InChI is InChI=1S/C12H9F2N3S/c13-7-1-6(2-8(14)3-7)12-16-10-5-18-4-9(10)11(15)17-12/h1-3H,4-5H2,(H2,15,16,17). The molecule has 0 spiro atoms. The second-order valence-electron chi connectivity index (χ2n) is 4.01. The van der Waals surface area contributed by atoms with Crippen molar-refractivity contribution < 1.29 is 8.78 Å². The van der Waals surface area contributed by atoms with E-state index in [1.54, 1.807) is 11.8 Å². The maximum absolute atomic E-state index is 13.2. The van der Waals surface area contributed by atoms with Gasteiger partial charge in [-0.2, -0.15) is 11.8 Å². The third kappa shape index (κ3) is 1.92. The Hall–Kier alpha value is -1.69. The van der Waals surface area contributed by atoms with Crippen LogP contribution >= 0.6 is 11.8 Å². The number of thioether (sulfide) groups is 1. The first kappa shape index (κ1) is 11.4. The maximum Gasteiger partial charge on any atom is 0.162 e. The molecule has 0 aliphatic carbocycles. The molecule has 0 saturated heterocycles. The van der Waals surface area contributed by atoms with E-state index in [9.17, 15) is 8.78 Å². The molecule has 1 aliphatic heterocycles. The summed E-state index contributed by atoms with van der Waals surface area (Å²) in [5, 5.41) is 0. The van der Waals surface area contributed by atoms with Gasteiger partial charge < -0.3 is 5.73 Å². The van der Waals surface area contributed by atoms with Gasteiger partial charge in [0.15, 0.2) is 5.82 Å². The minimum atomic E-state index is -0.651. The van der Waals surface area contributed by atoms with E-state index < -0.39 is 11.6 Å². The van der Waals surface area contributed by atoms with E-state index in [-0.39, 0.29) is 5.82 Å². The fourth-order valence-corrected chi connectivity index (χ4v) is 2.94. The van der Waals surface area contributed by atoms with E-state index in [1.807, 2.05) is 0 Å². The normalized spacial score (nSPS) is 13.7. The van der Waals surface area contributed by atoms with Gasteiger partial charge in [0.1, 0.15) is 17.5 Å². The van der Waals surface area contributed by atoms with Crippen LogP contribution < -0.4 is 5.73 Å². The van der Waals surface area contributed by atoms with Gasteiger partial charge >= 0.3 is 0 Å². The van der Waals surface area contributed by atoms with Crippen LogP contribution in [0.15, 0.2) is 18.2 Å². The van der Waals surface area contributed by atoms with Gasteiger partial charge in [-0.3, -0.25) is 0 Å². The van der Waals surface area contributed by atoms with Crippen molar-refractivity contribution in [2.24, 2.45) is 0 Å². The number of rotatable bonds is 1. The smallest absolute Gasteiger partial charge is 0.162 e. The second kappa shape index (κ2) is 4.20. The number of fused-ring (bicyclic) bond motifs is 1. The summed E-state index contributed by atoms with van der Waals surface area (Å²) in [5.74, 6) is 0.909. The topological polar surface area (TPSA) is 51.8 Å². The summed E-state index contributed by atoms with van der Waals surface area (Å²) < 4.78 is 26.3. The van der Waals surface area contributed by atoms with E-state index >= 15 is 0 Å². The quantitative estimate of drug-likeness (QED) is 0.861. The van der Waals surface area contributed by atoms with Gasteiger partial charge in [-0.1, -0.05) is 0 Å². The van der Waals surface area contributed by atoms with Gasteiger partial charge in [0.25, 0.3) is 0 Å². The molecule has 0 radical (unpaired) electrons. The molecule has 3 rings (SSSR count). The van der Waals surface area contributed by atoms with Gasteiger partial charge in [0, 0.05) is 28.7 Å². The molecule has 0 fully saturated rings. The van der Waals surface area contributed by atoms with E-state index in [0.29, 0.717) is 11.4 Å². The third-order valence-electron chi connectivity index (χ3n) is 2.73. The summed E-state index contributed by atoms with van der Waals surface area (Å²) in [6.45, 7) is 0. The van der Waals surface area contributed by atoms with Crippen LogP contribution in [0, 0.1) is 11.6 Å². The lowest BCUT2D eigenvalue weighted by Gasteiger charge is -2.06. The van der Waals surface area contributed by atoms with Crippen LogP contribution in [0.1, 0.15) is 11.3 Å². The summed E-state index contributed by atoms with van der Waals surface area (Å²) in [6.07, 6.45) is 0. The third-order valence-corrected chi connectivity index (χ3v) is 3.70. The molecular weight excluding hydrogens is 256 g/mol. The first-order valence-electron chi connectivity index (χ1n) is 5.33. The largest absolute Gasteiger partial charge is 0.383 e. The van der Waals surface area contributed by atoms with Crippen molar-refractivity contribution in [3.8, 4) is 11.4 Å². The molecule has 3 nitrogen and oxygen atoms in total. The summed E-state index contributed by atoms with van der Waals surface area (Å²) in [5.41, 5.74) is 7.92. The van der Waals surface area contributed by atoms with Gasteiger partial charge in [-0.05, 0) is 12.1 Å². The fourth-order valence-electron chi connectivity index (χ4n) is 1.89. The Kier molecular flexibility index (Phi) is 2.66. The zero-order chi connectivity index (χ0) is 12.7. The van der Waals surface area contributed by atoms with Crippen LogP contribution in [-0.4, -0.2) is 9.97 Å². The minimum Gasteiger partial charge on any atom is -0.383 e. The van der Waals surface area contributed by atoms with Crippen molar-refractivity contribution in [3.63, 3.8) is 0 Å². The lowest BCUT2D eigenvalue weighted by atomic mass is 10.1. The highest BCUT2D eigenvalue weighted by molar-refractivity contribution is 7.98. The molecule has 18 heavy (non-hydrogen) atoms. The van der Waals surface area contributed by atoms with Crippen LogP contribution in [0.25, 0.3) is 11.4 Å². The van der Waals surface area contributed by atoms with Crippen LogP contribution in [0.4, 0.5) is 14.6 Å². The Morgan fingerprint density at radius 2 is 1.78 bits per heavy atom. The first-order valence-corrected chi connectivity index (χ1v) is 6.48. The number of halogens is 2. The van der Waals surface area contributed by atoms with E-state index in [2.05, 4.69) is 9.97 Å². The van der Waals surface area contributed by atoms with Gasteiger partial charge in [-0.25, -0.2) is 18.7 Å². The van der Waals surface area contributed by atoms with Gasteiger partial charge in [0.2, 0.25) is 0 Å². The molecule has 1 aromatic heterocycles. The molecular formula is C12H9F2N3S. The van der Waals surface area contributed by atoms with Gasteiger partial charge in [0.05, 0.1) is 5.69 Å². The van der Waals surface area contributed by atoms with Crippen molar-refractivity contribution in [1.82, 2.24) is 9.97 Å². The molecule has 2 heterocycles. The summed E-state index contributed by atoms with van der Waals surface area (Å²) in [6, 6.07) is 3.22. The molecule has 2 aromatic rings. The molecule has 92 valence electrons. The molecule has 0 saturated carbocycles. The Morgan fingerprint density at radius 1 is 1.06 bits per heavy atom. The fraction of sp³-hybridized carbons (Fsp3) is 0.167. The van der Waals surface area contributed by atoms with Crippen molar-refractivity contribution in [2.75, 3.05) is 5.73 Å². The highest BCUT2D eigenvalue weighted by Crippen LogP contribution is 2.33. The predicted molar refractivity (Wildman–Crippen MR) is 66.8 cm³/mol. The summed E-state index contributed by atoms with van der Waals surface area (Å²) in [4.78, 5) is 8.44. The SMILES string of the molecule is Nc1nc(-c2cc(F)cc(F)c2)nc2c1CSC2. The summed E-state index contributed by atoms with van der Waals surface area (Å²) >= 11 is 1.70. The Morgan fingerprint density at radius 3 is 2.50 bits per heavy atom. The first-order chi connectivity index (χ1) is 8.63. The lowest BCUT2D eigenvalue weighted by molar-refractivity contribution is 0.584. The number of nitrogen functional groups attached to an aromatic ring is 1. The number of aromatic nitrogens is 2. The van der Waals surface area contributed by atoms with Gasteiger partial charge in [-0.15, -0.1) is 0 Å². The van der Waals surface area contributed by atoms with Crippen LogP contribution in [0.3, 0.4) is 0 Å². The molecule has 0 unspecified atom stereocenters. The van der Waals surface area contributed by atoms with Crippen LogP contribution in [0.2, 0.25) is 0 Å². The molecule has 1 aromatic carbocycles. The van der Waals surface area contributed by atoms with Crippen LogP contribution in [0.5, 0.6) is 0 Å². The van der Waals surface area contributed by atoms with Crippen LogP contribution in [-0.2, 0) is 11.5 Å². The molecule has 6 heteroatoms. The van der Waals surface area contributed by atoms with E-state index in [0.717, 1.165) is 28.8 Å². The summed E-state index contributed by atoms with van der Waals surface area (Å²) in [7, 11) is 0. The number of nitrogens with zero attached hydrogens (tertiary/aromatic N) is 2. The highest BCUT2D eigenvalue weighted by atomic mass is 32.2. The average Bonchev–Trinajstić information content (AvgIpc) is 2.76. The van der Waals surface area contributed by atoms with E-state index in [1.165, 1.54) is 12.1 Å². The molecule has 0 bridgehead atoms. The zero-order valence-corrected chi connectivity index (χ0v) is 10.1. The van der Waals surface area contributed by atoms with E-state index in [4.69, 9.17) is 5.73 Å². The Bertz CT molecular complexity index is 611. The maximum atomic E-state index is 13.2. The van der Waals surface area contributed by atoms with Crippen molar-refractivity contribution >= 4 is 17.6 Å². The Balaban J connectivity index is 2.15. The number of hydrogen-bond acceptors (Lipinski definition) is 4. The average molecular weight is 265 g/mol. The van der Waals surface area contributed by atoms with Crippen molar-refractivity contribution in [1.29, 1.82) is 0 Å². The number of anilines is 1. The lowest BCUT2D eigenvalue weighted by Crippen LogP contribution is -2.03. The molecule has 0 atom stereocenters. The number of nitrogens with two attached hydrogens (primary N) is 1. The Labute approximate surface area is 106 Å². The highest BCUT2D eigenvalue weighted by Gasteiger charge is 2.19. The number of benzene rings is 1. The zero-order valence-electron chi connectivity index (χ0n) is 9.28. The molecule has 2 N–H and O–H groups in total. The number of hydrogen-bond donors (Lipinski definition) is 1.